The molecule has 0 saturated heterocycles. The molecule has 1 fully saturated rings. The topological polar surface area (TPSA) is 55.4 Å². The van der Waals surface area contributed by atoms with Gasteiger partial charge in [0.05, 0.1) is 5.92 Å². The molecule has 1 aliphatic carbocycles. The summed E-state index contributed by atoms with van der Waals surface area (Å²) in [6, 6.07) is 6.02. The number of thioether (sulfide) groups is 1. The van der Waals surface area contributed by atoms with Gasteiger partial charge in [-0.2, -0.15) is 8.78 Å². The predicted octanol–water partition coefficient (Wildman–Crippen LogP) is 3.14. The Bertz CT molecular complexity index is 521. The van der Waals surface area contributed by atoms with Crippen molar-refractivity contribution in [2.24, 2.45) is 11.8 Å². The number of anilines is 1. The number of hydrogen-bond acceptors (Lipinski definition) is 4. The number of carbonyl (C=O) groups excluding carboxylic acids is 2. The van der Waals surface area contributed by atoms with E-state index in [0.717, 1.165) is 6.42 Å². The molecule has 0 unspecified atom stereocenters. The molecule has 4 nitrogen and oxygen atoms in total. The SMILES string of the molecule is C[C@H]1C[C@@H]1C(=O)OCC(=O)Nc1ccc(SC(F)F)cc1. The first kappa shape index (κ1) is 15.8. The van der Waals surface area contributed by atoms with Crippen LogP contribution in [0.2, 0.25) is 0 Å². The second-order valence-electron chi connectivity index (χ2n) is 4.88. The minimum atomic E-state index is -2.48. The zero-order valence-electron chi connectivity index (χ0n) is 11.3. The molecule has 2 rings (SSSR count). The van der Waals surface area contributed by atoms with Crippen molar-refractivity contribution in [2.75, 3.05) is 11.9 Å². The molecule has 1 N–H and O–H groups in total. The van der Waals surface area contributed by atoms with Crippen LogP contribution in [-0.2, 0) is 14.3 Å². The van der Waals surface area contributed by atoms with Crippen LogP contribution < -0.4 is 5.32 Å². The van der Waals surface area contributed by atoms with Gasteiger partial charge in [-0.3, -0.25) is 9.59 Å². The lowest BCUT2D eigenvalue weighted by atomic mass is 10.3. The average molecular weight is 315 g/mol. The van der Waals surface area contributed by atoms with Crippen molar-refractivity contribution in [3.8, 4) is 0 Å². The summed E-state index contributed by atoms with van der Waals surface area (Å²) >= 11 is 0.435. The summed E-state index contributed by atoms with van der Waals surface area (Å²) in [4.78, 5) is 23.4. The van der Waals surface area contributed by atoms with Gasteiger partial charge in [0, 0.05) is 10.6 Å². The van der Waals surface area contributed by atoms with E-state index >= 15 is 0 Å². The summed E-state index contributed by atoms with van der Waals surface area (Å²) in [7, 11) is 0. The number of nitrogens with one attached hydrogen (secondary N) is 1. The Balaban J connectivity index is 1.75. The molecule has 1 saturated carbocycles. The quantitative estimate of drug-likeness (QED) is 0.647. The third kappa shape index (κ3) is 5.00. The maximum atomic E-state index is 12.1. The molecular formula is C14H15F2NO3S. The van der Waals surface area contributed by atoms with Gasteiger partial charge >= 0.3 is 5.97 Å². The van der Waals surface area contributed by atoms with E-state index in [4.69, 9.17) is 4.74 Å². The smallest absolute Gasteiger partial charge is 0.309 e. The Morgan fingerprint density at radius 3 is 2.52 bits per heavy atom. The van der Waals surface area contributed by atoms with Gasteiger partial charge in [0.2, 0.25) is 0 Å². The van der Waals surface area contributed by atoms with E-state index in [-0.39, 0.29) is 18.5 Å². The summed E-state index contributed by atoms with van der Waals surface area (Å²) < 4.78 is 29.2. The highest BCUT2D eigenvalue weighted by Gasteiger charge is 2.40. The maximum absolute atomic E-state index is 12.1. The molecule has 7 heteroatoms. The second kappa shape index (κ2) is 6.89. The normalized spacial score (nSPS) is 20.2. The van der Waals surface area contributed by atoms with Gasteiger partial charge in [0.1, 0.15) is 0 Å². The van der Waals surface area contributed by atoms with Crippen molar-refractivity contribution < 1.29 is 23.1 Å². The van der Waals surface area contributed by atoms with Crippen LogP contribution in [0.4, 0.5) is 14.5 Å². The summed E-state index contributed by atoms with van der Waals surface area (Å²) in [6.07, 6.45) is 0.809. The van der Waals surface area contributed by atoms with E-state index in [1.807, 2.05) is 6.92 Å². The molecule has 1 amide bonds. The van der Waals surface area contributed by atoms with Crippen LogP contribution in [-0.4, -0.2) is 24.2 Å². The summed E-state index contributed by atoms with van der Waals surface area (Å²) in [5.74, 6) is -3.02. The second-order valence-corrected chi connectivity index (χ2v) is 5.94. The highest BCUT2D eigenvalue weighted by molar-refractivity contribution is 7.99. The van der Waals surface area contributed by atoms with Crippen LogP contribution >= 0.6 is 11.8 Å². The van der Waals surface area contributed by atoms with Crippen LogP contribution in [0.3, 0.4) is 0 Å². The maximum Gasteiger partial charge on any atom is 0.309 e. The number of amides is 1. The highest BCUT2D eigenvalue weighted by atomic mass is 32.2. The van der Waals surface area contributed by atoms with E-state index in [2.05, 4.69) is 5.32 Å². The summed E-state index contributed by atoms with van der Waals surface area (Å²) in [5.41, 5.74) is 0.467. The lowest BCUT2D eigenvalue weighted by molar-refractivity contribution is -0.148. The Morgan fingerprint density at radius 1 is 1.38 bits per heavy atom. The molecule has 21 heavy (non-hydrogen) atoms. The fourth-order valence-corrected chi connectivity index (χ4v) is 2.31. The van der Waals surface area contributed by atoms with Gasteiger partial charge in [-0.05, 0) is 36.6 Å². The lowest BCUT2D eigenvalue weighted by Gasteiger charge is -2.07. The zero-order valence-corrected chi connectivity index (χ0v) is 12.2. The number of rotatable bonds is 6. The molecule has 0 spiro atoms. The molecule has 0 aliphatic heterocycles. The van der Waals surface area contributed by atoms with Crippen LogP contribution in [0.1, 0.15) is 13.3 Å². The van der Waals surface area contributed by atoms with Gasteiger partial charge in [0.15, 0.2) is 6.61 Å². The lowest BCUT2D eigenvalue weighted by Crippen LogP contribution is -2.21. The van der Waals surface area contributed by atoms with Crippen molar-refractivity contribution in [1.82, 2.24) is 0 Å². The van der Waals surface area contributed by atoms with Crippen molar-refractivity contribution in [2.45, 2.75) is 24.0 Å². The van der Waals surface area contributed by atoms with Crippen molar-refractivity contribution in [3.63, 3.8) is 0 Å². The van der Waals surface area contributed by atoms with Crippen molar-refractivity contribution in [1.29, 1.82) is 0 Å². The first-order chi connectivity index (χ1) is 9.95. The molecule has 1 aliphatic rings. The van der Waals surface area contributed by atoms with Crippen LogP contribution in [0.5, 0.6) is 0 Å². The molecule has 1 aromatic carbocycles. The molecule has 1 aromatic rings. The molecule has 0 heterocycles. The first-order valence-electron chi connectivity index (χ1n) is 6.47. The molecule has 114 valence electrons. The minimum Gasteiger partial charge on any atom is -0.455 e. The standard InChI is InChI=1S/C14H15F2NO3S/c1-8-6-11(8)13(19)20-7-12(18)17-9-2-4-10(5-3-9)21-14(15)16/h2-5,8,11,14H,6-7H2,1H3,(H,17,18)/t8-,11-/m0/s1. The third-order valence-corrected chi connectivity index (χ3v) is 3.84. The van der Waals surface area contributed by atoms with E-state index in [0.29, 0.717) is 28.3 Å². The fraction of sp³-hybridized carbons (Fsp3) is 0.429. The highest BCUT2D eigenvalue weighted by Crippen LogP contribution is 2.38. The van der Waals surface area contributed by atoms with Gasteiger partial charge in [0.25, 0.3) is 11.7 Å². The zero-order chi connectivity index (χ0) is 15.4. The molecule has 0 aromatic heterocycles. The van der Waals surface area contributed by atoms with Gasteiger partial charge < -0.3 is 10.1 Å². The minimum absolute atomic E-state index is 0.0801. The number of benzene rings is 1. The monoisotopic (exact) mass is 315 g/mol. The van der Waals surface area contributed by atoms with Gasteiger partial charge in [-0.1, -0.05) is 18.7 Å². The van der Waals surface area contributed by atoms with Gasteiger partial charge in [-0.15, -0.1) is 0 Å². The predicted molar refractivity (Wildman–Crippen MR) is 75.2 cm³/mol. The number of halogens is 2. The van der Waals surface area contributed by atoms with Crippen LogP contribution in [0.25, 0.3) is 0 Å². The van der Waals surface area contributed by atoms with Crippen LogP contribution in [0, 0.1) is 11.8 Å². The molecular weight excluding hydrogens is 300 g/mol. The molecule has 2 atom stereocenters. The van der Waals surface area contributed by atoms with Crippen molar-refractivity contribution in [3.05, 3.63) is 24.3 Å². The van der Waals surface area contributed by atoms with E-state index < -0.39 is 11.7 Å². The van der Waals surface area contributed by atoms with E-state index in [1.165, 1.54) is 24.3 Å². The Hall–Kier alpha value is -1.63. The van der Waals surface area contributed by atoms with Crippen molar-refractivity contribution >= 4 is 29.3 Å². The molecule has 0 radical (unpaired) electrons. The Morgan fingerprint density at radius 2 is 2.00 bits per heavy atom. The van der Waals surface area contributed by atoms with E-state index in [1.54, 1.807) is 0 Å². The largest absolute Gasteiger partial charge is 0.455 e. The Labute approximate surface area is 125 Å². The fourth-order valence-electron chi connectivity index (χ4n) is 1.81. The number of ether oxygens (including phenoxy) is 1. The first-order valence-corrected chi connectivity index (χ1v) is 7.35. The number of esters is 1. The summed E-state index contributed by atoms with van der Waals surface area (Å²) in [6.45, 7) is 1.61. The summed E-state index contributed by atoms with van der Waals surface area (Å²) in [5, 5.41) is 2.54. The Kier molecular flexibility index (Phi) is 5.17. The number of hydrogen-bond donors (Lipinski definition) is 1. The van der Waals surface area contributed by atoms with E-state index in [9.17, 15) is 18.4 Å². The third-order valence-electron chi connectivity index (χ3n) is 3.12. The number of carbonyl (C=O) groups is 2. The van der Waals surface area contributed by atoms with Crippen LogP contribution in [0.15, 0.2) is 29.2 Å². The number of alkyl halides is 2. The average Bonchev–Trinajstić information content (AvgIpc) is 3.15. The molecule has 0 bridgehead atoms. The van der Waals surface area contributed by atoms with Gasteiger partial charge in [-0.25, -0.2) is 0 Å².